The lowest BCUT2D eigenvalue weighted by atomic mass is 9.95. The Morgan fingerprint density at radius 3 is 1.84 bits per heavy atom. The number of para-hydroxylation sites is 1. The summed E-state index contributed by atoms with van der Waals surface area (Å²) in [5.74, 6) is -0.695. The number of carbonyl (C=O) groups is 3. The van der Waals surface area contributed by atoms with Crippen molar-refractivity contribution in [2.75, 3.05) is 4.90 Å². The summed E-state index contributed by atoms with van der Waals surface area (Å²) in [4.78, 5) is 37.9. The van der Waals surface area contributed by atoms with E-state index in [2.05, 4.69) is 6.58 Å². The maximum Gasteiger partial charge on any atom is 0.263 e. The smallest absolute Gasteiger partial charge is 0.263 e. The van der Waals surface area contributed by atoms with Gasteiger partial charge in [-0.1, -0.05) is 38.6 Å². The van der Waals surface area contributed by atoms with Gasteiger partial charge in [0.05, 0.1) is 11.3 Å². The third kappa shape index (κ3) is 3.15. The van der Waals surface area contributed by atoms with Gasteiger partial charge >= 0.3 is 0 Å². The first-order valence-electron chi connectivity index (χ1n) is 8.20. The van der Waals surface area contributed by atoms with Gasteiger partial charge in [-0.05, 0) is 38.1 Å². The number of Topliss-reactive ketones (excluding diaryl/α,β-unsaturated/α-hetero) is 2. The molecule has 128 valence electrons. The molecule has 2 aromatic carbocycles. The molecule has 0 aromatic heterocycles. The number of amides is 1. The van der Waals surface area contributed by atoms with E-state index in [0.29, 0.717) is 28.1 Å². The van der Waals surface area contributed by atoms with E-state index in [9.17, 15) is 14.4 Å². The fourth-order valence-corrected chi connectivity index (χ4v) is 2.81. The van der Waals surface area contributed by atoms with Crippen molar-refractivity contribution in [3.63, 3.8) is 0 Å². The molecule has 25 heavy (non-hydrogen) atoms. The zero-order chi connectivity index (χ0) is 18.7. The van der Waals surface area contributed by atoms with E-state index in [1.807, 2.05) is 44.2 Å². The standard InChI is InChI=1S/C19H15NO3.C2H6/c1-11-15-9-16(12(2)21)17(13(3)22)10-18(15)19(23)20(11)14-7-5-4-6-8-14;1-2/h4-10H,1H2,2-3H3;1-2H3. The molecule has 3 rings (SSSR count). The van der Waals surface area contributed by atoms with Crippen molar-refractivity contribution in [3.8, 4) is 0 Å². The number of hydrogen-bond acceptors (Lipinski definition) is 3. The summed E-state index contributed by atoms with van der Waals surface area (Å²) in [5, 5.41) is 0. The Bertz CT molecular complexity index is 813. The first-order valence-corrected chi connectivity index (χ1v) is 8.20. The van der Waals surface area contributed by atoms with Crippen molar-refractivity contribution in [2.24, 2.45) is 0 Å². The van der Waals surface area contributed by atoms with Crippen LogP contribution in [0.1, 0.15) is 64.3 Å². The Hall–Kier alpha value is -3.01. The largest absolute Gasteiger partial charge is 0.294 e. The topological polar surface area (TPSA) is 54.5 Å². The third-order valence-corrected chi connectivity index (χ3v) is 3.94. The molecule has 0 aliphatic carbocycles. The molecule has 1 amide bonds. The van der Waals surface area contributed by atoms with Gasteiger partial charge in [-0.2, -0.15) is 0 Å². The monoisotopic (exact) mass is 335 g/mol. The highest BCUT2D eigenvalue weighted by Crippen LogP contribution is 2.37. The predicted molar refractivity (Wildman–Crippen MR) is 100 cm³/mol. The second kappa shape index (κ2) is 7.26. The summed E-state index contributed by atoms with van der Waals surface area (Å²) in [6.07, 6.45) is 0. The fraction of sp³-hybridized carbons (Fsp3) is 0.190. The summed E-state index contributed by atoms with van der Waals surface area (Å²) >= 11 is 0. The molecule has 0 saturated carbocycles. The lowest BCUT2D eigenvalue weighted by Gasteiger charge is -2.17. The van der Waals surface area contributed by atoms with Gasteiger partial charge in [-0.15, -0.1) is 0 Å². The molecule has 0 spiro atoms. The van der Waals surface area contributed by atoms with Crippen LogP contribution >= 0.6 is 0 Å². The van der Waals surface area contributed by atoms with E-state index >= 15 is 0 Å². The van der Waals surface area contributed by atoms with Gasteiger partial charge in [-0.25, -0.2) is 0 Å². The number of hydrogen-bond donors (Lipinski definition) is 0. The summed E-state index contributed by atoms with van der Waals surface area (Å²) in [7, 11) is 0. The van der Waals surface area contributed by atoms with Crippen molar-refractivity contribution in [1.29, 1.82) is 0 Å². The van der Waals surface area contributed by atoms with Crippen molar-refractivity contribution < 1.29 is 14.4 Å². The minimum Gasteiger partial charge on any atom is -0.294 e. The van der Waals surface area contributed by atoms with E-state index in [4.69, 9.17) is 0 Å². The van der Waals surface area contributed by atoms with Crippen molar-refractivity contribution in [3.05, 3.63) is 71.3 Å². The van der Waals surface area contributed by atoms with E-state index in [0.717, 1.165) is 0 Å². The normalized spacial score (nSPS) is 12.4. The quantitative estimate of drug-likeness (QED) is 0.761. The molecule has 0 bridgehead atoms. The molecule has 0 radical (unpaired) electrons. The second-order valence-corrected chi connectivity index (χ2v) is 5.48. The average molecular weight is 335 g/mol. The Kier molecular flexibility index (Phi) is 5.32. The number of carbonyl (C=O) groups excluding carboxylic acids is 3. The first-order chi connectivity index (χ1) is 11.9. The van der Waals surface area contributed by atoms with Gasteiger partial charge in [0.15, 0.2) is 11.6 Å². The number of benzene rings is 2. The molecule has 2 aromatic rings. The van der Waals surface area contributed by atoms with Gasteiger partial charge in [0.25, 0.3) is 5.91 Å². The Morgan fingerprint density at radius 1 is 0.880 bits per heavy atom. The van der Waals surface area contributed by atoms with Crippen LogP contribution in [-0.4, -0.2) is 17.5 Å². The van der Waals surface area contributed by atoms with Gasteiger partial charge in [-0.3, -0.25) is 19.3 Å². The van der Waals surface area contributed by atoms with E-state index < -0.39 is 0 Å². The van der Waals surface area contributed by atoms with Gasteiger partial charge in [0, 0.05) is 22.4 Å². The van der Waals surface area contributed by atoms with E-state index in [1.165, 1.54) is 24.8 Å². The maximum absolute atomic E-state index is 12.7. The van der Waals surface area contributed by atoms with Crippen LogP contribution in [0.15, 0.2) is 49.0 Å². The highest BCUT2D eigenvalue weighted by Gasteiger charge is 2.34. The third-order valence-electron chi connectivity index (χ3n) is 3.94. The lowest BCUT2D eigenvalue weighted by Crippen LogP contribution is -2.21. The molecule has 0 atom stereocenters. The SMILES string of the molecule is C=C1c2cc(C(C)=O)c(C(C)=O)cc2C(=O)N1c1ccccc1.CC. The summed E-state index contributed by atoms with van der Waals surface area (Å²) in [6.45, 7) is 10.8. The number of anilines is 1. The summed E-state index contributed by atoms with van der Waals surface area (Å²) in [6, 6.07) is 12.3. The van der Waals surface area contributed by atoms with E-state index in [1.54, 1.807) is 6.07 Å². The molecule has 0 N–H and O–H groups in total. The van der Waals surface area contributed by atoms with Crippen LogP contribution in [0.3, 0.4) is 0 Å². The highest BCUT2D eigenvalue weighted by atomic mass is 16.2. The van der Waals surface area contributed by atoms with Crippen molar-refractivity contribution in [2.45, 2.75) is 27.7 Å². The van der Waals surface area contributed by atoms with Crippen LogP contribution in [0.25, 0.3) is 5.70 Å². The number of fused-ring (bicyclic) bond motifs is 1. The Morgan fingerprint density at radius 2 is 1.36 bits per heavy atom. The minimum absolute atomic E-state index is 0.212. The van der Waals surface area contributed by atoms with Crippen molar-refractivity contribution in [1.82, 2.24) is 0 Å². The highest BCUT2D eigenvalue weighted by molar-refractivity contribution is 6.23. The van der Waals surface area contributed by atoms with Crippen molar-refractivity contribution >= 4 is 28.9 Å². The zero-order valence-corrected chi connectivity index (χ0v) is 14.9. The maximum atomic E-state index is 12.7. The molecule has 0 saturated heterocycles. The molecule has 4 heteroatoms. The molecule has 1 aliphatic rings. The van der Waals surface area contributed by atoms with Crippen LogP contribution in [0.2, 0.25) is 0 Å². The average Bonchev–Trinajstić information content (AvgIpc) is 2.86. The fourth-order valence-electron chi connectivity index (χ4n) is 2.81. The zero-order valence-electron chi connectivity index (χ0n) is 14.9. The molecule has 4 nitrogen and oxygen atoms in total. The van der Waals surface area contributed by atoms with E-state index in [-0.39, 0.29) is 23.0 Å². The molecule has 0 fully saturated rings. The molecular weight excluding hydrogens is 314 g/mol. The van der Waals surface area contributed by atoms with Crippen LogP contribution in [0.4, 0.5) is 5.69 Å². The molecular formula is C21H21NO3. The number of nitrogens with zero attached hydrogens (tertiary/aromatic N) is 1. The molecule has 1 aliphatic heterocycles. The summed E-state index contributed by atoms with van der Waals surface area (Å²) in [5.41, 5.74) is 2.79. The second-order valence-electron chi connectivity index (χ2n) is 5.48. The Labute approximate surface area is 147 Å². The van der Waals surface area contributed by atoms with Gasteiger partial charge in [0.1, 0.15) is 0 Å². The van der Waals surface area contributed by atoms with Crippen LogP contribution < -0.4 is 4.90 Å². The minimum atomic E-state index is -0.242. The molecule has 0 unspecified atom stereocenters. The van der Waals surface area contributed by atoms with Gasteiger partial charge in [0.2, 0.25) is 0 Å². The first kappa shape index (κ1) is 18.3. The van der Waals surface area contributed by atoms with Gasteiger partial charge < -0.3 is 0 Å². The number of rotatable bonds is 3. The number of ketones is 2. The predicted octanol–water partition coefficient (Wildman–Crippen LogP) is 4.75. The molecule has 1 heterocycles. The summed E-state index contributed by atoms with van der Waals surface area (Å²) < 4.78 is 0. The van der Waals surface area contributed by atoms with Crippen LogP contribution in [0, 0.1) is 0 Å². The van der Waals surface area contributed by atoms with Crippen LogP contribution in [-0.2, 0) is 0 Å². The lowest BCUT2D eigenvalue weighted by molar-refractivity contribution is 0.0979. The van der Waals surface area contributed by atoms with Crippen LogP contribution in [0.5, 0.6) is 0 Å². The Balaban J connectivity index is 0.00000109.